The third kappa shape index (κ3) is 3.87. The average Bonchev–Trinajstić information content (AvgIpc) is 2.17. The van der Waals surface area contributed by atoms with Gasteiger partial charge in [-0.05, 0) is 32.4 Å². The molecule has 0 aliphatic carbocycles. The summed E-state index contributed by atoms with van der Waals surface area (Å²) < 4.78 is 0. The highest BCUT2D eigenvalue weighted by Crippen LogP contribution is 2.30. The Labute approximate surface area is 105 Å². The van der Waals surface area contributed by atoms with Crippen molar-refractivity contribution >= 4 is 23.0 Å². The van der Waals surface area contributed by atoms with Crippen LogP contribution in [0.25, 0.3) is 0 Å². The Morgan fingerprint density at radius 2 is 2.12 bits per heavy atom. The van der Waals surface area contributed by atoms with Crippen molar-refractivity contribution in [2.75, 3.05) is 11.9 Å². The maximum atomic E-state index is 10.7. The molecule has 0 amide bonds. The molecule has 1 aromatic carbocycles. The van der Waals surface area contributed by atoms with Crippen molar-refractivity contribution in [1.29, 1.82) is 0 Å². The minimum atomic E-state index is -0.494. The number of anilines is 1. The molecule has 0 aliphatic rings. The van der Waals surface area contributed by atoms with Gasteiger partial charge in [-0.3, -0.25) is 10.1 Å². The minimum Gasteiger partial charge on any atom is -0.383 e. The van der Waals surface area contributed by atoms with Gasteiger partial charge >= 0.3 is 0 Å². The highest BCUT2D eigenvalue weighted by Gasteiger charge is 2.16. The van der Waals surface area contributed by atoms with Gasteiger partial charge in [0.05, 0.1) is 4.92 Å². The maximum Gasteiger partial charge on any atom is 0.288 e. The van der Waals surface area contributed by atoms with Crippen LogP contribution in [0.5, 0.6) is 0 Å². The molecule has 0 atom stereocenters. The number of nitro benzene ring substituents is 1. The third-order valence-corrected chi connectivity index (χ3v) is 2.53. The average molecular weight is 258 g/mol. The van der Waals surface area contributed by atoms with Crippen LogP contribution in [0, 0.1) is 17.0 Å². The number of nitro groups is 1. The van der Waals surface area contributed by atoms with Gasteiger partial charge in [-0.2, -0.15) is 0 Å². The van der Waals surface area contributed by atoms with E-state index in [4.69, 9.17) is 17.3 Å². The molecule has 0 saturated carbocycles. The first-order valence-electron chi connectivity index (χ1n) is 5.18. The summed E-state index contributed by atoms with van der Waals surface area (Å²) in [6, 6.07) is 3.01. The Morgan fingerprint density at radius 1 is 1.53 bits per heavy atom. The van der Waals surface area contributed by atoms with E-state index in [-0.39, 0.29) is 16.2 Å². The van der Waals surface area contributed by atoms with Gasteiger partial charge in [-0.25, -0.2) is 0 Å². The zero-order chi connectivity index (χ0) is 13.2. The molecule has 0 aromatic heterocycles. The minimum absolute atomic E-state index is 0.0817. The van der Waals surface area contributed by atoms with Gasteiger partial charge in [0.25, 0.3) is 5.69 Å². The number of benzene rings is 1. The predicted octanol–water partition coefficient (Wildman–Crippen LogP) is 2.71. The molecule has 0 aliphatic heterocycles. The second-order valence-electron chi connectivity index (χ2n) is 4.72. The summed E-state index contributed by atoms with van der Waals surface area (Å²) in [5.74, 6) is 0. The van der Waals surface area contributed by atoms with E-state index in [2.05, 4.69) is 5.32 Å². The molecule has 0 heterocycles. The molecule has 0 unspecified atom stereocenters. The van der Waals surface area contributed by atoms with Crippen molar-refractivity contribution in [3.63, 3.8) is 0 Å². The van der Waals surface area contributed by atoms with Crippen molar-refractivity contribution in [3.05, 3.63) is 32.8 Å². The van der Waals surface area contributed by atoms with Crippen molar-refractivity contribution in [3.8, 4) is 0 Å². The first kappa shape index (κ1) is 13.7. The molecule has 3 N–H and O–H groups in total. The molecule has 0 saturated heterocycles. The van der Waals surface area contributed by atoms with Crippen molar-refractivity contribution in [1.82, 2.24) is 0 Å². The van der Waals surface area contributed by atoms with E-state index in [1.165, 1.54) is 6.07 Å². The van der Waals surface area contributed by atoms with Gasteiger partial charge in [-0.1, -0.05) is 11.6 Å². The quantitative estimate of drug-likeness (QED) is 0.642. The normalized spacial score (nSPS) is 11.4. The highest BCUT2D eigenvalue weighted by molar-refractivity contribution is 6.33. The molecule has 0 fully saturated rings. The van der Waals surface area contributed by atoms with Crippen LogP contribution >= 0.6 is 11.6 Å². The lowest BCUT2D eigenvalue weighted by Gasteiger charge is -2.20. The summed E-state index contributed by atoms with van der Waals surface area (Å²) in [5, 5.41) is 13.9. The topological polar surface area (TPSA) is 81.2 Å². The maximum absolute atomic E-state index is 10.7. The lowest BCUT2D eigenvalue weighted by molar-refractivity contribution is -0.384. The third-order valence-electron chi connectivity index (χ3n) is 2.22. The lowest BCUT2D eigenvalue weighted by atomic mass is 10.1. The van der Waals surface area contributed by atoms with Crippen LogP contribution in [0.4, 0.5) is 11.4 Å². The van der Waals surface area contributed by atoms with E-state index in [0.717, 1.165) is 11.3 Å². The predicted molar refractivity (Wildman–Crippen MR) is 69.6 cm³/mol. The number of halogens is 1. The zero-order valence-electron chi connectivity index (χ0n) is 10.1. The standard InChI is InChI=1S/C11H16ClN3O2/c1-7-4-10(15(16)17)8(12)5-9(7)14-6-11(2,3)13/h4-5,14H,6,13H2,1-3H3. The van der Waals surface area contributed by atoms with E-state index >= 15 is 0 Å². The summed E-state index contributed by atoms with van der Waals surface area (Å²) in [6.45, 7) is 6.13. The molecule has 0 radical (unpaired) electrons. The smallest absolute Gasteiger partial charge is 0.288 e. The Balaban J connectivity index is 2.96. The number of hydrogen-bond donors (Lipinski definition) is 2. The number of nitrogens with two attached hydrogens (primary N) is 1. The van der Waals surface area contributed by atoms with Crippen LogP contribution in [0.15, 0.2) is 12.1 Å². The van der Waals surface area contributed by atoms with Gasteiger partial charge in [0.2, 0.25) is 0 Å². The van der Waals surface area contributed by atoms with E-state index < -0.39 is 4.92 Å². The Bertz CT molecular complexity index is 441. The summed E-state index contributed by atoms with van der Waals surface area (Å²) in [6.07, 6.45) is 0. The van der Waals surface area contributed by atoms with Crippen LogP contribution in [-0.2, 0) is 0 Å². The number of nitrogens with one attached hydrogen (secondary N) is 1. The summed E-state index contributed by atoms with van der Waals surface area (Å²) in [7, 11) is 0. The SMILES string of the molecule is Cc1cc([N+](=O)[O-])c(Cl)cc1NCC(C)(C)N. The molecule has 17 heavy (non-hydrogen) atoms. The van der Waals surface area contributed by atoms with Crippen LogP contribution < -0.4 is 11.1 Å². The highest BCUT2D eigenvalue weighted by atomic mass is 35.5. The van der Waals surface area contributed by atoms with E-state index in [1.54, 1.807) is 13.0 Å². The molecule has 1 aromatic rings. The second-order valence-corrected chi connectivity index (χ2v) is 5.12. The Hall–Kier alpha value is -1.33. The largest absolute Gasteiger partial charge is 0.383 e. The number of hydrogen-bond acceptors (Lipinski definition) is 4. The van der Waals surface area contributed by atoms with E-state index in [0.29, 0.717) is 6.54 Å². The Kier molecular flexibility index (Phi) is 3.95. The van der Waals surface area contributed by atoms with Gasteiger partial charge in [0, 0.05) is 23.8 Å². The fraction of sp³-hybridized carbons (Fsp3) is 0.455. The van der Waals surface area contributed by atoms with E-state index in [1.807, 2.05) is 13.8 Å². The summed E-state index contributed by atoms with van der Waals surface area (Å²) in [4.78, 5) is 10.2. The van der Waals surface area contributed by atoms with Crippen LogP contribution in [0.3, 0.4) is 0 Å². The summed E-state index contributed by atoms with van der Waals surface area (Å²) in [5.41, 5.74) is 6.94. The first-order valence-corrected chi connectivity index (χ1v) is 5.56. The van der Waals surface area contributed by atoms with Crippen LogP contribution in [-0.4, -0.2) is 17.0 Å². The van der Waals surface area contributed by atoms with Crippen molar-refractivity contribution in [2.24, 2.45) is 5.73 Å². The van der Waals surface area contributed by atoms with Crippen LogP contribution in [0.1, 0.15) is 19.4 Å². The summed E-state index contributed by atoms with van der Waals surface area (Å²) >= 11 is 5.83. The van der Waals surface area contributed by atoms with Crippen LogP contribution in [0.2, 0.25) is 5.02 Å². The molecule has 1 rings (SSSR count). The number of nitrogens with zero attached hydrogens (tertiary/aromatic N) is 1. The molecule has 0 bridgehead atoms. The van der Waals surface area contributed by atoms with Crippen molar-refractivity contribution < 1.29 is 4.92 Å². The molecule has 5 nitrogen and oxygen atoms in total. The zero-order valence-corrected chi connectivity index (χ0v) is 10.8. The monoisotopic (exact) mass is 257 g/mol. The molecular weight excluding hydrogens is 242 g/mol. The lowest BCUT2D eigenvalue weighted by Crippen LogP contribution is -2.39. The number of aryl methyl sites for hydroxylation is 1. The molecule has 94 valence electrons. The molecular formula is C11H16ClN3O2. The van der Waals surface area contributed by atoms with E-state index in [9.17, 15) is 10.1 Å². The Morgan fingerprint density at radius 3 is 2.59 bits per heavy atom. The van der Waals surface area contributed by atoms with Gasteiger partial charge in [-0.15, -0.1) is 0 Å². The van der Waals surface area contributed by atoms with Gasteiger partial charge in [0.1, 0.15) is 5.02 Å². The van der Waals surface area contributed by atoms with Gasteiger partial charge < -0.3 is 11.1 Å². The molecule has 0 spiro atoms. The second kappa shape index (κ2) is 4.89. The fourth-order valence-corrected chi connectivity index (χ4v) is 1.55. The first-order chi connectivity index (χ1) is 7.70. The van der Waals surface area contributed by atoms with Gasteiger partial charge in [0.15, 0.2) is 0 Å². The molecule has 6 heteroatoms. The number of rotatable bonds is 4. The fourth-order valence-electron chi connectivity index (χ4n) is 1.32. The van der Waals surface area contributed by atoms with Crippen molar-refractivity contribution in [2.45, 2.75) is 26.3 Å².